The average Bonchev–Trinajstić information content (AvgIpc) is 3.02. The molecule has 0 spiro atoms. The maximum Gasteiger partial charge on any atom is 0.243 e. The van der Waals surface area contributed by atoms with Crippen LogP contribution in [0.1, 0.15) is 42.0 Å². The van der Waals surface area contributed by atoms with E-state index in [9.17, 15) is 13.2 Å². The number of benzene rings is 2. The van der Waals surface area contributed by atoms with Crippen LogP contribution < -0.4 is 4.90 Å². The molecule has 1 saturated heterocycles. The monoisotopic (exact) mass is 426 g/mol. The van der Waals surface area contributed by atoms with Gasteiger partial charge in [-0.25, -0.2) is 8.42 Å². The topological polar surface area (TPSA) is 57.7 Å². The average molecular weight is 427 g/mol. The zero-order chi connectivity index (χ0) is 21.6. The van der Waals surface area contributed by atoms with Crippen LogP contribution in [0, 0.1) is 26.7 Å². The number of para-hydroxylation sites is 1. The minimum Gasteiger partial charge on any atom is -0.309 e. The zero-order valence-electron chi connectivity index (χ0n) is 18.2. The second kappa shape index (κ2) is 7.82. The lowest BCUT2D eigenvalue weighted by Crippen LogP contribution is -2.48. The van der Waals surface area contributed by atoms with E-state index in [1.165, 1.54) is 9.87 Å². The maximum atomic E-state index is 13.5. The van der Waals surface area contributed by atoms with Gasteiger partial charge in [0.15, 0.2) is 0 Å². The van der Waals surface area contributed by atoms with Gasteiger partial charge in [0.25, 0.3) is 0 Å². The Bertz CT molecular complexity index is 1070. The van der Waals surface area contributed by atoms with Gasteiger partial charge in [0.1, 0.15) is 0 Å². The molecule has 0 radical (unpaired) electrons. The van der Waals surface area contributed by atoms with Crippen LogP contribution in [0.5, 0.6) is 0 Å². The quantitative estimate of drug-likeness (QED) is 0.746. The van der Waals surface area contributed by atoms with E-state index in [0.29, 0.717) is 17.9 Å². The maximum absolute atomic E-state index is 13.5. The SMILES string of the molecule is Cc1cc(C)c(S(=O)(=O)N2CCC[C@H](C(=O)N3c4ccccc4C[C@H]3C)C2)c(C)c1. The van der Waals surface area contributed by atoms with E-state index in [-0.39, 0.29) is 24.4 Å². The van der Waals surface area contributed by atoms with Crippen LogP contribution in [-0.4, -0.2) is 37.8 Å². The molecule has 2 aromatic carbocycles. The molecule has 0 bridgehead atoms. The normalized spacial score (nSPS) is 22.2. The fourth-order valence-corrected chi connectivity index (χ4v) is 7.10. The molecule has 0 saturated carbocycles. The number of piperidine rings is 1. The van der Waals surface area contributed by atoms with E-state index < -0.39 is 10.0 Å². The second-order valence-electron chi connectivity index (χ2n) is 8.82. The predicted octanol–water partition coefficient (Wildman–Crippen LogP) is 3.99. The summed E-state index contributed by atoms with van der Waals surface area (Å²) in [4.78, 5) is 15.7. The number of anilines is 1. The summed E-state index contributed by atoms with van der Waals surface area (Å²) in [6.07, 6.45) is 2.27. The minimum absolute atomic E-state index is 0.0460. The first kappa shape index (κ1) is 21.1. The van der Waals surface area contributed by atoms with Crippen molar-refractivity contribution in [3.05, 3.63) is 58.7 Å². The molecule has 2 aliphatic rings. The molecule has 1 amide bonds. The van der Waals surface area contributed by atoms with Gasteiger partial charge in [-0.3, -0.25) is 4.79 Å². The summed E-state index contributed by atoms with van der Waals surface area (Å²) in [7, 11) is -3.64. The third kappa shape index (κ3) is 3.56. The first-order valence-electron chi connectivity index (χ1n) is 10.7. The Labute approximate surface area is 179 Å². The number of carbonyl (C=O) groups excluding carboxylic acids is 1. The fourth-order valence-electron chi connectivity index (χ4n) is 5.16. The summed E-state index contributed by atoms with van der Waals surface area (Å²) in [5.74, 6) is -0.266. The minimum atomic E-state index is -3.64. The summed E-state index contributed by atoms with van der Waals surface area (Å²) in [6.45, 7) is 8.45. The van der Waals surface area contributed by atoms with E-state index in [2.05, 4.69) is 13.0 Å². The summed E-state index contributed by atoms with van der Waals surface area (Å²) < 4.78 is 28.5. The van der Waals surface area contributed by atoms with Gasteiger partial charge < -0.3 is 4.90 Å². The molecule has 0 unspecified atom stereocenters. The third-order valence-electron chi connectivity index (χ3n) is 6.38. The van der Waals surface area contributed by atoms with Gasteiger partial charge in [-0.2, -0.15) is 4.31 Å². The first-order chi connectivity index (χ1) is 14.2. The van der Waals surface area contributed by atoms with Crippen molar-refractivity contribution in [1.82, 2.24) is 4.31 Å². The number of hydrogen-bond donors (Lipinski definition) is 0. The number of nitrogens with zero attached hydrogens (tertiary/aromatic N) is 2. The highest BCUT2D eigenvalue weighted by atomic mass is 32.2. The molecule has 2 heterocycles. The summed E-state index contributed by atoms with van der Waals surface area (Å²) in [6, 6.07) is 11.9. The molecule has 2 aliphatic heterocycles. The lowest BCUT2D eigenvalue weighted by molar-refractivity contribution is -0.123. The van der Waals surface area contributed by atoms with Crippen molar-refractivity contribution in [2.24, 2.45) is 5.92 Å². The van der Waals surface area contributed by atoms with Crippen molar-refractivity contribution in [3.8, 4) is 0 Å². The molecular weight excluding hydrogens is 396 g/mol. The Hall–Kier alpha value is -2.18. The molecule has 1 fully saturated rings. The molecule has 6 heteroatoms. The fraction of sp³-hybridized carbons (Fsp3) is 0.458. The first-order valence-corrected chi connectivity index (χ1v) is 12.1. The van der Waals surface area contributed by atoms with Gasteiger partial charge >= 0.3 is 0 Å². The van der Waals surface area contributed by atoms with Crippen molar-refractivity contribution in [2.75, 3.05) is 18.0 Å². The smallest absolute Gasteiger partial charge is 0.243 e. The third-order valence-corrected chi connectivity index (χ3v) is 8.55. The van der Waals surface area contributed by atoms with Crippen LogP contribution in [0.4, 0.5) is 5.69 Å². The van der Waals surface area contributed by atoms with Crippen LogP contribution in [0.15, 0.2) is 41.3 Å². The van der Waals surface area contributed by atoms with Gasteiger partial charge in [0, 0.05) is 24.8 Å². The lowest BCUT2D eigenvalue weighted by Gasteiger charge is -2.35. The van der Waals surface area contributed by atoms with E-state index >= 15 is 0 Å². The molecule has 0 aliphatic carbocycles. The molecule has 2 atom stereocenters. The number of amides is 1. The van der Waals surface area contributed by atoms with Gasteiger partial charge in [0.2, 0.25) is 15.9 Å². The van der Waals surface area contributed by atoms with Crippen LogP contribution in [0.25, 0.3) is 0 Å². The number of rotatable bonds is 3. The van der Waals surface area contributed by atoms with Gasteiger partial charge in [0.05, 0.1) is 10.8 Å². The number of hydrogen-bond acceptors (Lipinski definition) is 3. The van der Waals surface area contributed by atoms with Crippen LogP contribution in [0.3, 0.4) is 0 Å². The Kier molecular flexibility index (Phi) is 5.49. The van der Waals surface area contributed by atoms with E-state index in [1.54, 1.807) is 0 Å². The number of carbonyl (C=O) groups is 1. The molecule has 30 heavy (non-hydrogen) atoms. The van der Waals surface area contributed by atoms with Crippen molar-refractivity contribution in [1.29, 1.82) is 0 Å². The largest absolute Gasteiger partial charge is 0.309 e. The van der Waals surface area contributed by atoms with Crippen molar-refractivity contribution < 1.29 is 13.2 Å². The Morgan fingerprint density at radius 1 is 1.07 bits per heavy atom. The highest BCUT2D eigenvalue weighted by molar-refractivity contribution is 7.89. The van der Waals surface area contributed by atoms with E-state index in [4.69, 9.17) is 0 Å². The molecule has 0 N–H and O–H groups in total. The van der Waals surface area contributed by atoms with Crippen LogP contribution >= 0.6 is 0 Å². The number of sulfonamides is 1. The van der Waals surface area contributed by atoms with Gasteiger partial charge in [-0.15, -0.1) is 0 Å². The number of aryl methyl sites for hydroxylation is 3. The van der Waals surface area contributed by atoms with Crippen molar-refractivity contribution >= 4 is 21.6 Å². The van der Waals surface area contributed by atoms with Crippen LogP contribution in [-0.2, 0) is 21.2 Å². The second-order valence-corrected chi connectivity index (χ2v) is 10.7. The highest BCUT2D eigenvalue weighted by Crippen LogP contribution is 2.35. The Balaban J connectivity index is 1.60. The summed E-state index contributed by atoms with van der Waals surface area (Å²) >= 11 is 0. The van der Waals surface area contributed by atoms with Crippen molar-refractivity contribution in [3.63, 3.8) is 0 Å². The standard InChI is InChI=1S/C24H30N2O3S/c1-16-12-17(2)23(18(3)13-16)30(28,29)25-11-7-9-21(15-25)24(27)26-19(4)14-20-8-5-6-10-22(20)26/h5-6,8,10,12-13,19,21H,7,9,11,14-15H2,1-4H3/t19-,21+/m1/s1. The highest BCUT2D eigenvalue weighted by Gasteiger charge is 2.39. The molecule has 2 aromatic rings. The molecule has 160 valence electrons. The molecule has 0 aromatic heterocycles. The summed E-state index contributed by atoms with van der Waals surface area (Å²) in [5.41, 5.74) is 4.74. The predicted molar refractivity (Wildman–Crippen MR) is 119 cm³/mol. The number of fused-ring (bicyclic) bond motifs is 1. The molecular formula is C24H30N2O3S. The van der Waals surface area contributed by atoms with Crippen LogP contribution in [0.2, 0.25) is 0 Å². The van der Waals surface area contributed by atoms with Crippen molar-refractivity contribution in [2.45, 2.75) is 57.9 Å². The summed E-state index contributed by atoms with van der Waals surface area (Å²) in [5, 5.41) is 0. The van der Waals surface area contributed by atoms with Gasteiger partial charge in [-0.1, -0.05) is 35.9 Å². The lowest BCUT2D eigenvalue weighted by atomic mass is 9.97. The molecule has 5 nitrogen and oxygen atoms in total. The molecule has 4 rings (SSSR count). The zero-order valence-corrected chi connectivity index (χ0v) is 19.0. The Morgan fingerprint density at radius 2 is 1.73 bits per heavy atom. The van der Waals surface area contributed by atoms with E-state index in [1.807, 2.05) is 56.0 Å². The van der Waals surface area contributed by atoms with E-state index in [0.717, 1.165) is 35.2 Å². The Morgan fingerprint density at radius 3 is 2.43 bits per heavy atom. The van der Waals surface area contributed by atoms with Gasteiger partial charge in [-0.05, 0) is 69.7 Å².